The molecular weight excluding hydrogens is 348 g/mol. The molecule has 1 aliphatic heterocycles. The van der Waals surface area contributed by atoms with E-state index in [4.69, 9.17) is 4.74 Å². The molecule has 1 aliphatic rings. The molecule has 0 N–H and O–H groups in total. The average molecular weight is 376 g/mol. The van der Waals surface area contributed by atoms with E-state index in [1.54, 1.807) is 16.7 Å². The normalized spacial score (nSPS) is 13.9. The smallest absolute Gasteiger partial charge is 0.409 e. The minimum Gasteiger partial charge on any atom is -0.450 e. The highest BCUT2D eigenvalue weighted by Crippen LogP contribution is 2.20. The molecule has 3 amide bonds. The maximum atomic E-state index is 12.7. The Hall–Kier alpha value is -2.77. The first-order chi connectivity index (χ1) is 12.8. The summed E-state index contributed by atoms with van der Waals surface area (Å²) in [6, 6.07) is 7.49. The molecule has 0 saturated carbocycles. The zero-order valence-electron chi connectivity index (χ0n) is 16.5. The number of carbonyl (C=O) groups is 3. The number of anilines is 2. The van der Waals surface area contributed by atoms with Gasteiger partial charge in [-0.15, -0.1) is 0 Å². The van der Waals surface area contributed by atoms with Crippen LogP contribution >= 0.6 is 0 Å². The summed E-state index contributed by atoms with van der Waals surface area (Å²) in [7, 11) is 3.88. The topological polar surface area (TPSA) is 73.4 Å². The van der Waals surface area contributed by atoms with Gasteiger partial charge in [0.25, 0.3) is 0 Å². The van der Waals surface area contributed by atoms with Crippen LogP contribution in [0.3, 0.4) is 0 Å². The number of carbonyl (C=O) groups excluding carboxylic acids is 3. The molecule has 0 spiro atoms. The highest BCUT2D eigenvalue weighted by Gasteiger charge is 2.26. The lowest BCUT2D eigenvalue weighted by atomic mass is 10.2. The van der Waals surface area contributed by atoms with E-state index < -0.39 is 0 Å². The first-order valence-corrected chi connectivity index (χ1v) is 9.08. The summed E-state index contributed by atoms with van der Waals surface area (Å²) in [5.41, 5.74) is 1.70. The summed E-state index contributed by atoms with van der Waals surface area (Å²) in [4.78, 5) is 43.2. The maximum Gasteiger partial charge on any atom is 0.409 e. The Bertz CT molecular complexity index is 667. The van der Waals surface area contributed by atoms with Gasteiger partial charge in [-0.25, -0.2) is 4.79 Å². The highest BCUT2D eigenvalue weighted by atomic mass is 16.6. The minimum absolute atomic E-state index is 0.0178. The largest absolute Gasteiger partial charge is 0.450 e. The molecule has 148 valence electrons. The van der Waals surface area contributed by atoms with E-state index in [1.807, 2.05) is 43.3 Å². The Morgan fingerprint density at radius 3 is 1.96 bits per heavy atom. The molecule has 1 heterocycles. The second kappa shape index (κ2) is 9.25. The van der Waals surface area contributed by atoms with Crippen molar-refractivity contribution in [1.82, 2.24) is 9.80 Å². The third kappa shape index (κ3) is 5.35. The molecule has 2 rings (SSSR count). The molecule has 1 aromatic carbocycles. The number of hydrogen-bond acceptors (Lipinski definition) is 5. The fourth-order valence-electron chi connectivity index (χ4n) is 2.90. The summed E-state index contributed by atoms with van der Waals surface area (Å²) in [5, 5.41) is 0. The van der Waals surface area contributed by atoms with Gasteiger partial charge in [0.05, 0.1) is 6.61 Å². The zero-order chi connectivity index (χ0) is 20.0. The van der Waals surface area contributed by atoms with Crippen LogP contribution in [0.15, 0.2) is 24.3 Å². The molecule has 27 heavy (non-hydrogen) atoms. The number of nitrogens with zero attached hydrogens (tertiary/aromatic N) is 4. The van der Waals surface area contributed by atoms with Crippen molar-refractivity contribution >= 4 is 29.3 Å². The van der Waals surface area contributed by atoms with Gasteiger partial charge in [-0.3, -0.25) is 9.59 Å². The Labute approximate surface area is 160 Å². The van der Waals surface area contributed by atoms with Gasteiger partial charge >= 0.3 is 6.09 Å². The standard InChI is InChI=1S/C19H28N4O4/c1-5-27-19(26)22-12-10-21(11-13-22)18(25)14-23(15(2)24)17-8-6-16(7-9-17)20(3)4/h6-9H,5,10-14H2,1-4H3. The van der Waals surface area contributed by atoms with Crippen molar-refractivity contribution < 1.29 is 19.1 Å². The monoisotopic (exact) mass is 376 g/mol. The van der Waals surface area contributed by atoms with Crippen molar-refractivity contribution in [2.24, 2.45) is 0 Å². The van der Waals surface area contributed by atoms with Crippen LogP contribution in [0, 0.1) is 0 Å². The summed E-state index contributed by atoms with van der Waals surface area (Å²) in [6.45, 7) is 5.26. The van der Waals surface area contributed by atoms with Gasteiger partial charge in [-0.2, -0.15) is 0 Å². The Balaban J connectivity index is 1.97. The molecule has 1 aromatic rings. The molecule has 0 unspecified atom stereocenters. The number of hydrogen-bond donors (Lipinski definition) is 0. The molecule has 0 radical (unpaired) electrons. The molecule has 8 nitrogen and oxygen atoms in total. The SMILES string of the molecule is CCOC(=O)N1CCN(C(=O)CN(C(C)=O)c2ccc(N(C)C)cc2)CC1. The highest BCUT2D eigenvalue weighted by molar-refractivity contribution is 5.97. The summed E-state index contributed by atoms with van der Waals surface area (Å²) >= 11 is 0. The van der Waals surface area contributed by atoms with Crippen LogP contribution in [0.5, 0.6) is 0 Å². The Kier molecular flexibility index (Phi) is 7.04. The van der Waals surface area contributed by atoms with Gasteiger partial charge in [0.2, 0.25) is 11.8 Å². The van der Waals surface area contributed by atoms with Crippen LogP contribution in [0.4, 0.5) is 16.2 Å². The fourth-order valence-corrected chi connectivity index (χ4v) is 2.90. The molecule has 0 aliphatic carbocycles. The van der Waals surface area contributed by atoms with Crippen LogP contribution in [-0.2, 0) is 14.3 Å². The molecule has 0 bridgehead atoms. The van der Waals surface area contributed by atoms with E-state index in [0.717, 1.165) is 5.69 Å². The van der Waals surface area contributed by atoms with Gasteiger partial charge in [0.1, 0.15) is 6.54 Å². The maximum absolute atomic E-state index is 12.7. The van der Waals surface area contributed by atoms with Crippen molar-refractivity contribution in [2.45, 2.75) is 13.8 Å². The predicted octanol–water partition coefficient (Wildman–Crippen LogP) is 1.41. The lowest BCUT2D eigenvalue weighted by Crippen LogP contribution is -2.53. The molecular formula is C19H28N4O4. The molecule has 0 atom stereocenters. The van der Waals surface area contributed by atoms with Crippen LogP contribution in [0.1, 0.15) is 13.8 Å². The molecule has 1 fully saturated rings. The van der Waals surface area contributed by atoms with Crippen LogP contribution in [0.2, 0.25) is 0 Å². The summed E-state index contributed by atoms with van der Waals surface area (Å²) in [5.74, 6) is -0.323. The van der Waals surface area contributed by atoms with E-state index in [-0.39, 0.29) is 24.5 Å². The second-order valence-electron chi connectivity index (χ2n) is 6.58. The third-order valence-electron chi connectivity index (χ3n) is 4.51. The first-order valence-electron chi connectivity index (χ1n) is 9.08. The van der Waals surface area contributed by atoms with Crippen molar-refractivity contribution in [3.05, 3.63) is 24.3 Å². The first kappa shape index (κ1) is 20.5. The van der Waals surface area contributed by atoms with Crippen molar-refractivity contribution in [3.8, 4) is 0 Å². The van der Waals surface area contributed by atoms with E-state index in [0.29, 0.717) is 38.5 Å². The number of piperazine rings is 1. The van der Waals surface area contributed by atoms with E-state index in [9.17, 15) is 14.4 Å². The van der Waals surface area contributed by atoms with Crippen LogP contribution in [0.25, 0.3) is 0 Å². The second-order valence-corrected chi connectivity index (χ2v) is 6.58. The van der Waals surface area contributed by atoms with Gasteiger partial charge in [0.15, 0.2) is 0 Å². The molecule has 8 heteroatoms. The molecule has 0 aromatic heterocycles. The number of benzene rings is 1. The Morgan fingerprint density at radius 2 is 1.48 bits per heavy atom. The molecule has 1 saturated heterocycles. The van der Waals surface area contributed by atoms with E-state index in [1.165, 1.54) is 11.8 Å². The predicted molar refractivity (Wildman–Crippen MR) is 104 cm³/mol. The fraction of sp³-hybridized carbons (Fsp3) is 0.526. The number of rotatable bonds is 5. The van der Waals surface area contributed by atoms with Gasteiger partial charge in [0, 0.05) is 58.6 Å². The van der Waals surface area contributed by atoms with Gasteiger partial charge in [-0.05, 0) is 31.2 Å². The van der Waals surface area contributed by atoms with E-state index in [2.05, 4.69) is 0 Å². The van der Waals surface area contributed by atoms with E-state index >= 15 is 0 Å². The lowest BCUT2D eigenvalue weighted by Gasteiger charge is -2.35. The quantitative estimate of drug-likeness (QED) is 0.777. The lowest BCUT2D eigenvalue weighted by molar-refractivity contribution is -0.132. The third-order valence-corrected chi connectivity index (χ3v) is 4.51. The van der Waals surface area contributed by atoms with Crippen molar-refractivity contribution in [3.63, 3.8) is 0 Å². The minimum atomic E-state index is -0.351. The summed E-state index contributed by atoms with van der Waals surface area (Å²) in [6.07, 6.45) is -0.351. The number of amides is 3. The van der Waals surface area contributed by atoms with Crippen LogP contribution < -0.4 is 9.80 Å². The average Bonchev–Trinajstić information content (AvgIpc) is 2.66. The van der Waals surface area contributed by atoms with Crippen molar-refractivity contribution in [2.75, 3.05) is 63.2 Å². The number of ether oxygens (including phenoxy) is 1. The van der Waals surface area contributed by atoms with Crippen molar-refractivity contribution in [1.29, 1.82) is 0 Å². The van der Waals surface area contributed by atoms with Gasteiger partial charge < -0.3 is 24.3 Å². The van der Waals surface area contributed by atoms with Crippen LogP contribution in [-0.4, -0.2) is 81.1 Å². The van der Waals surface area contributed by atoms with Gasteiger partial charge in [-0.1, -0.05) is 0 Å². The summed E-state index contributed by atoms with van der Waals surface area (Å²) < 4.78 is 4.98. The Morgan fingerprint density at radius 1 is 0.963 bits per heavy atom. The zero-order valence-corrected chi connectivity index (χ0v) is 16.5.